The molecular weight excluding hydrogens is 755 g/mol. The highest BCUT2D eigenvalue weighted by molar-refractivity contribution is 9.10. The quantitative estimate of drug-likeness (QED) is 0.130. The number of hydrogen-bond acceptors (Lipinski definition) is 11. The van der Waals surface area contributed by atoms with Gasteiger partial charge in [-0.3, -0.25) is 9.59 Å². The first-order valence-electron chi connectivity index (χ1n) is 16.2. The maximum atomic E-state index is 16.3. The molecule has 4 aromatic rings. The van der Waals surface area contributed by atoms with Crippen molar-refractivity contribution in [2.45, 2.75) is 62.3 Å². The molecular formula is C39H36BrFN2O10. The monoisotopic (exact) mass is 790 g/mol. The first kappa shape index (κ1) is 38.6. The van der Waals surface area contributed by atoms with Crippen LogP contribution in [0, 0.1) is 67.1 Å². The van der Waals surface area contributed by atoms with Crippen LogP contribution in [0.15, 0.2) is 34.3 Å². The molecule has 2 N–H and O–H groups in total. The molecule has 1 heterocycles. The van der Waals surface area contributed by atoms with E-state index >= 15 is 4.39 Å². The average molecular weight is 792 g/mol. The highest BCUT2D eigenvalue weighted by Crippen LogP contribution is 2.45. The van der Waals surface area contributed by atoms with Crippen molar-refractivity contribution in [2.75, 3.05) is 7.11 Å². The number of carboxylic acid groups (broad SMARTS) is 1. The van der Waals surface area contributed by atoms with Gasteiger partial charge in [0.15, 0.2) is 23.1 Å². The van der Waals surface area contributed by atoms with Gasteiger partial charge in [-0.2, -0.15) is 0 Å². The molecule has 0 fully saturated rings. The van der Waals surface area contributed by atoms with Crippen LogP contribution in [0.2, 0.25) is 0 Å². The van der Waals surface area contributed by atoms with Crippen molar-refractivity contribution in [3.05, 3.63) is 95.7 Å². The van der Waals surface area contributed by atoms with Crippen LogP contribution in [-0.4, -0.2) is 51.0 Å². The Morgan fingerprint density at radius 3 is 1.94 bits per heavy atom. The summed E-state index contributed by atoms with van der Waals surface area (Å²) in [6, 6.07) is 0. The molecule has 12 nitrogen and oxygen atoms in total. The summed E-state index contributed by atoms with van der Waals surface area (Å²) >= 11 is 3.23. The Bertz CT molecular complexity index is 2320. The van der Waals surface area contributed by atoms with E-state index in [2.05, 4.69) is 25.9 Å². The van der Waals surface area contributed by atoms with Crippen molar-refractivity contribution >= 4 is 50.5 Å². The highest BCUT2D eigenvalue weighted by atomic mass is 79.9. The van der Waals surface area contributed by atoms with E-state index in [1.807, 2.05) is 0 Å². The standard InChI is InChI=1S/C39H36BrFN2O10/c1-14-11-23(44)12-24(50-10)25(14)38(48)52-34-20(7)17(4)28(32(45)29(34)40)39(49)53-35-22(9)31-27(21(8)30(35)41)36(43-13-42-31)51-33-18(5)15(2)26(37(46)47)16(3)19(33)6/h11-13,25,45H,1-10H3,(H,46,47). The molecule has 276 valence electrons. The third-order valence-electron chi connectivity index (χ3n) is 9.77. The maximum Gasteiger partial charge on any atom is 0.347 e. The lowest BCUT2D eigenvalue weighted by Crippen LogP contribution is -2.28. The van der Waals surface area contributed by atoms with Crippen molar-refractivity contribution in [3.8, 4) is 28.9 Å². The number of carbonyl (C=O) groups is 4. The van der Waals surface area contributed by atoms with Crippen LogP contribution >= 0.6 is 15.9 Å². The number of methoxy groups -OCH3 is 1. The minimum absolute atomic E-state index is 0.00806. The van der Waals surface area contributed by atoms with Gasteiger partial charge in [-0.1, -0.05) is 0 Å². The number of nitrogens with zero attached hydrogens (tertiary/aromatic N) is 2. The molecule has 5 rings (SSSR count). The summed E-state index contributed by atoms with van der Waals surface area (Å²) in [6.45, 7) is 14.4. The van der Waals surface area contributed by atoms with Crippen LogP contribution in [0.3, 0.4) is 0 Å². The molecule has 0 saturated carbocycles. The molecule has 53 heavy (non-hydrogen) atoms. The van der Waals surface area contributed by atoms with Gasteiger partial charge >= 0.3 is 17.9 Å². The molecule has 0 aliphatic heterocycles. The lowest BCUT2D eigenvalue weighted by molar-refractivity contribution is -0.137. The van der Waals surface area contributed by atoms with Crippen molar-refractivity contribution in [2.24, 2.45) is 5.92 Å². The Morgan fingerprint density at radius 2 is 1.36 bits per heavy atom. The van der Waals surface area contributed by atoms with E-state index in [1.54, 1.807) is 41.5 Å². The number of ketones is 1. The van der Waals surface area contributed by atoms with E-state index in [-0.39, 0.29) is 66.4 Å². The van der Waals surface area contributed by atoms with Gasteiger partial charge in [0.1, 0.15) is 39.5 Å². The number of carboxylic acids is 1. The van der Waals surface area contributed by atoms with Gasteiger partial charge in [0.2, 0.25) is 5.88 Å². The number of hydrogen-bond donors (Lipinski definition) is 2. The fraction of sp³-hybridized carbons (Fsp3) is 0.282. The number of rotatable bonds is 8. The number of phenols is 1. The topological polar surface area (TPSA) is 171 Å². The number of benzene rings is 3. The average Bonchev–Trinajstić information content (AvgIpc) is 3.10. The van der Waals surface area contributed by atoms with E-state index in [0.717, 1.165) is 0 Å². The highest BCUT2D eigenvalue weighted by Gasteiger charge is 2.34. The molecule has 0 radical (unpaired) electrons. The number of aromatic hydroxyl groups is 1. The van der Waals surface area contributed by atoms with Crippen LogP contribution in [0.5, 0.6) is 28.9 Å². The Hall–Kier alpha value is -5.63. The van der Waals surface area contributed by atoms with E-state index in [9.17, 15) is 29.4 Å². The third-order valence-corrected chi connectivity index (χ3v) is 10.5. The Morgan fingerprint density at radius 1 is 0.774 bits per heavy atom. The van der Waals surface area contributed by atoms with E-state index in [1.165, 1.54) is 46.4 Å². The van der Waals surface area contributed by atoms with Crippen LogP contribution in [0.4, 0.5) is 4.39 Å². The van der Waals surface area contributed by atoms with E-state index < -0.39 is 41.1 Å². The van der Waals surface area contributed by atoms with Crippen molar-refractivity contribution in [3.63, 3.8) is 0 Å². The number of ether oxygens (including phenoxy) is 4. The van der Waals surface area contributed by atoms with Gasteiger partial charge < -0.3 is 29.2 Å². The number of fused-ring (bicyclic) bond motifs is 1. The summed E-state index contributed by atoms with van der Waals surface area (Å²) in [5, 5.41) is 21.2. The summed E-state index contributed by atoms with van der Waals surface area (Å²) in [5.74, 6) is -5.88. The van der Waals surface area contributed by atoms with E-state index in [4.69, 9.17) is 18.9 Å². The predicted molar refractivity (Wildman–Crippen MR) is 195 cm³/mol. The zero-order chi connectivity index (χ0) is 39.4. The van der Waals surface area contributed by atoms with Gasteiger partial charge in [-0.25, -0.2) is 23.9 Å². The smallest absolute Gasteiger partial charge is 0.347 e. The number of esters is 2. The molecule has 0 spiro atoms. The molecule has 1 aliphatic rings. The summed E-state index contributed by atoms with van der Waals surface area (Å²) in [7, 11) is 1.32. The first-order chi connectivity index (χ1) is 24.8. The van der Waals surface area contributed by atoms with Crippen molar-refractivity contribution in [1.82, 2.24) is 9.97 Å². The van der Waals surface area contributed by atoms with Crippen LogP contribution < -0.4 is 14.2 Å². The van der Waals surface area contributed by atoms with Gasteiger partial charge in [-0.15, -0.1) is 0 Å². The Kier molecular flexibility index (Phi) is 10.5. The molecule has 1 aliphatic carbocycles. The molecule has 1 aromatic heterocycles. The van der Waals surface area contributed by atoms with Crippen molar-refractivity contribution in [1.29, 1.82) is 0 Å². The first-order valence-corrected chi connectivity index (χ1v) is 17.0. The number of phenolic OH excluding ortho intramolecular Hbond substituents is 1. The summed E-state index contributed by atoms with van der Waals surface area (Å²) in [6.07, 6.45) is 3.69. The minimum Gasteiger partial charge on any atom is -0.506 e. The SMILES string of the molecule is COC1=CC(=O)C=C(C)C1C(=O)Oc1c(C)c(C)c(C(=O)Oc2c(F)c(C)c3c(Oc4c(C)c(C)c(C(=O)O)c(C)c4C)ncnc3c2C)c(O)c1Br. The molecule has 0 bridgehead atoms. The van der Waals surface area contributed by atoms with E-state index in [0.29, 0.717) is 39.1 Å². The number of aryl methyl sites for hydroxylation is 2. The van der Waals surface area contributed by atoms with Gasteiger partial charge in [0, 0.05) is 17.2 Å². The zero-order valence-electron chi connectivity index (χ0n) is 30.6. The van der Waals surface area contributed by atoms with Crippen LogP contribution in [0.1, 0.15) is 72.1 Å². The number of aromatic carboxylic acids is 1. The zero-order valence-corrected chi connectivity index (χ0v) is 32.2. The molecule has 14 heteroatoms. The van der Waals surface area contributed by atoms with Crippen LogP contribution in [-0.2, 0) is 14.3 Å². The van der Waals surface area contributed by atoms with Gasteiger partial charge in [-0.05, 0) is 123 Å². The third kappa shape index (κ3) is 6.52. The summed E-state index contributed by atoms with van der Waals surface area (Å²) in [5.41, 5.74) is 3.28. The van der Waals surface area contributed by atoms with Gasteiger partial charge in [0.25, 0.3) is 0 Å². The van der Waals surface area contributed by atoms with Crippen molar-refractivity contribution < 1.29 is 52.7 Å². The largest absolute Gasteiger partial charge is 0.506 e. The lowest BCUT2D eigenvalue weighted by Gasteiger charge is -2.23. The normalized spacial score (nSPS) is 14.1. The molecule has 0 amide bonds. The van der Waals surface area contributed by atoms with Crippen LogP contribution in [0.25, 0.3) is 10.9 Å². The predicted octanol–water partition coefficient (Wildman–Crippen LogP) is 7.99. The summed E-state index contributed by atoms with van der Waals surface area (Å²) < 4.78 is 39.0. The maximum absolute atomic E-state index is 16.3. The number of aromatic nitrogens is 2. The number of carbonyl (C=O) groups excluding carboxylic acids is 3. The number of allylic oxidation sites excluding steroid dienone is 2. The Labute approximate surface area is 312 Å². The second-order valence-electron chi connectivity index (χ2n) is 12.8. The van der Waals surface area contributed by atoms with Gasteiger partial charge in [0.05, 0.1) is 23.6 Å². The lowest BCUT2D eigenvalue weighted by atomic mass is 9.92. The Balaban J connectivity index is 1.52. The second-order valence-corrected chi connectivity index (χ2v) is 13.6. The number of halogens is 2. The molecule has 3 aromatic carbocycles. The fourth-order valence-electron chi connectivity index (χ4n) is 6.46. The summed E-state index contributed by atoms with van der Waals surface area (Å²) in [4.78, 5) is 59.5. The second kappa shape index (κ2) is 14.4. The fourth-order valence-corrected chi connectivity index (χ4v) is 7.04. The molecule has 1 unspecified atom stereocenters. The molecule has 1 atom stereocenters. The molecule has 0 saturated heterocycles. The minimum atomic E-state index is -1.10.